The summed E-state index contributed by atoms with van der Waals surface area (Å²) in [6.45, 7) is 4.00. The predicted octanol–water partition coefficient (Wildman–Crippen LogP) is 1.18. The molecule has 8 nitrogen and oxygen atoms in total. The van der Waals surface area contributed by atoms with Crippen molar-refractivity contribution in [1.82, 2.24) is 10.2 Å². The Morgan fingerprint density at radius 3 is 2.77 bits per heavy atom. The molecule has 2 atom stereocenters. The van der Waals surface area contributed by atoms with Crippen molar-refractivity contribution in [2.24, 2.45) is 0 Å². The summed E-state index contributed by atoms with van der Waals surface area (Å²) < 4.78 is 34.3. The number of hydrogen-bond acceptors (Lipinski definition) is 6. The highest BCUT2D eigenvalue weighted by Gasteiger charge is 2.29. The van der Waals surface area contributed by atoms with Crippen molar-refractivity contribution in [2.45, 2.75) is 38.8 Å². The Morgan fingerprint density at radius 1 is 1.37 bits per heavy atom. The number of sulfone groups is 1. The third kappa shape index (κ3) is 5.33. The molecule has 0 aliphatic carbocycles. The molecule has 1 saturated heterocycles. The molecule has 2 unspecified atom stereocenters. The van der Waals surface area contributed by atoms with Crippen molar-refractivity contribution in [1.29, 1.82) is 0 Å². The van der Waals surface area contributed by atoms with Gasteiger partial charge in [0.25, 0.3) is 0 Å². The standard InChI is InChI=1S/C21H28N2O6S/c1-4-23(12-20(24)22-17-7-8-30(26,27)13-17)21(25)6-5-15-10-19-16(9-14(2)29-19)11-18(15)28-3/h5-6,10-11,14,17H,4,7-9,12-13H2,1-3H3,(H,22,24)/b6-5+. The summed E-state index contributed by atoms with van der Waals surface area (Å²) in [5.41, 5.74) is 1.79. The SMILES string of the molecule is CCN(CC(=O)NC1CCS(=O)(=O)C1)C(=O)/C=C/c1cc2c(cc1OC)CC(C)O2. The Balaban J connectivity index is 1.63. The second-order valence-corrected chi connectivity index (χ2v) is 9.92. The maximum absolute atomic E-state index is 12.6. The Kier molecular flexibility index (Phi) is 6.70. The molecule has 1 aromatic carbocycles. The smallest absolute Gasteiger partial charge is 0.247 e. The van der Waals surface area contributed by atoms with E-state index in [0.717, 1.165) is 23.3 Å². The topological polar surface area (TPSA) is 102 Å². The number of carbonyl (C=O) groups is 2. The summed E-state index contributed by atoms with van der Waals surface area (Å²) in [6, 6.07) is 3.39. The number of rotatable bonds is 7. The van der Waals surface area contributed by atoms with E-state index in [9.17, 15) is 18.0 Å². The summed E-state index contributed by atoms with van der Waals surface area (Å²) in [4.78, 5) is 26.3. The van der Waals surface area contributed by atoms with Crippen LogP contribution in [-0.4, -0.2) is 69.0 Å². The van der Waals surface area contributed by atoms with Crippen LogP contribution in [0.4, 0.5) is 0 Å². The van der Waals surface area contributed by atoms with Crippen LogP contribution >= 0.6 is 0 Å². The van der Waals surface area contributed by atoms with E-state index in [1.807, 2.05) is 19.1 Å². The van der Waals surface area contributed by atoms with Crippen LogP contribution in [0.5, 0.6) is 11.5 Å². The molecule has 3 rings (SSSR count). The average Bonchev–Trinajstić information content (AvgIpc) is 3.22. The first-order valence-corrected chi connectivity index (χ1v) is 11.9. The normalized spacial score (nSPS) is 21.8. The van der Waals surface area contributed by atoms with Gasteiger partial charge in [-0.15, -0.1) is 0 Å². The molecule has 1 N–H and O–H groups in total. The lowest BCUT2D eigenvalue weighted by atomic mass is 10.1. The maximum Gasteiger partial charge on any atom is 0.247 e. The first-order chi connectivity index (χ1) is 14.2. The highest BCUT2D eigenvalue weighted by atomic mass is 32.2. The zero-order valence-corrected chi connectivity index (χ0v) is 18.3. The molecule has 164 valence electrons. The van der Waals surface area contributed by atoms with E-state index in [1.54, 1.807) is 20.1 Å². The van der Waals surface area contributed by atoms with Gasteiger partial charge in [0, 0.05) is 36.2 Å². The van der Waals surface area contributed by atoms with E-state index in [4.69, 9.17) is 9.47 Å². The minimum Gasteiger partial charge on any atom is -0.496 e. The zero-order chi connectivity index (χ0) is 21.9. The fraction of sp³-hybridized carbons (Fsp3) is 0.524. The van der Waals surface area contributed by atoms with Crippen LogP contribution in [0.3, 0.4) is 0 Å². The molecular weight excluding hydrogens is 408 g/mol. The van der Waals surface area contributed by atoms with Gasteiger partial charge >= 0.3 is 0 Å². The van der Waals surface area contributed by atoms with Crippen LogP contribution in [0.1, 0.15) is 31.4 Å². The highest BCUT2D eigenvalue weighted by Crippen LogP contribution is 2.35. The quantitative estimate of drug-likeness (QED) is 0.644. The molecule has 30 heavy (non-hydrogen) atoms. The summed E-state index contributed by atoms with van der Waals surface area (Å²) in [7, 11) is -1.50. The van der Waals surface area contributed by atoms with Gasteiger partial charge in [-0.3, -0.25) is 9.59 Å². The third-order valence-corrected chi connectivity index (χ3v) is 7.05. The monoisotopic (exact) mass is 436 g/mol. The fourth-order valence-corrected chi connectivity index (χ4v) is 5.40. The Bertz CT molecular complexity index is 956. The molecule has 0 radical (unpaired) electrons. The summed E-state index contributed by atoms with van der Waals surface area (Å²) in [5.74, 6) is 0.800. The number of fused-ring (bicyclic) bond motifs is 1. The first-order valence-electron chi connectivity index (χ1n) is 10.0. The first kappa shape index (κ1) is 22.1. The van der Waals surface area contributed by atoms with E-state index in [1.165, 1.54) is 11.0 Å². The van der Waals surface area contributed by atoms with Gasteiger partial charge in [-0.05, 0) is 38.5 Å². The lowest BCUT2D eigenvalue weighted by molar-refractivity contribution is -0.132. The predicted molar refractivity (Wildman–Crippen MR) is 113 cm³/mol. The van der Waals surface area contributed by atoms with Crippen molar-refractivity contribution >= 4 is 27.7 Å². The van der Waals surface area contributed by atoms with E-state index in [2.05, 4.69) is 5.32 Å². The minimum absolute atomic E-state index is 0.0441. The Morgan fingerprint density at radius 2 is 2.13 bits per heavy atom. The van der Waals surface area contributed by atoms with Gasteiger partial charge in [0.2, 0.25) is 11.8 Å². The van der Waals surface area contributed by atoms with Gasteiger partial charge in [-0.2, -0.15) is 0 Å². The molecule has 0 aromatic heterocycles. The maximum atomic E-state index is 12.6. The number of likely N-dealkylation sites (N-methyl/N-ethyl adjacent to an activating group) is 1. The molecule has 0 bridgehead atoms. The number of methoxy groups -OCH3 is 1. The average molecular weight is 437 g/mol. The van der Waals surface area contributed by atoms with Gasteiger partial charge in [0.05, 0.1) is 25.2 Å². The number of amides is 2. The molecular formula is C21H28N2O6S. The molecule has 0 spiro atoms. The summed E-state index contributed by atoms with van der Waals surface area (Å²) in [5, 5.41) is 2.71. The second kappa shape index (κ2) is 9.07. The molecule has 0 saturated carbocycles. The lowest BCUT2D eigenvalue weighted by Gasteiger charge is -2.20. The molecule has 2 aliphatic rings. The number of carbonyl (C=O) groups excluding carboxylic acids is 2. The van der Waals surface area contributed by atoms with Gasteiger partial charge in [-0.25, -0.2) is 8.42 Å². The number of ether oxygens (including phenoxy) is 2. The fourth-order valence-electron chi connectivity index (χ4n) is 3.73. The Hall–Kier alpha value is -2.55. The zero-order valence-electron chi connectivity index (χ0n) is 17.5. The van der Waals surface area contributed by atoms with Gasteiger partial charge in [0.1, 0.15) is 17.6 Å². The van der Waals surface area contributed by atoms with Crippen molar-refractivity contribution in [3.8, 4) is 11.5 Å². The molecule has 2 aliphatic heterocycles. The highest BCUT2D eigenvalue weighted by molar-refractivity contribution is 7.91. The van der Waals surface area contributed by atoms with E-state index >= 15 is 0 Å². The van der Waals surface area contributed by atoms with Gasteiger partial charge < -0.3 is 19.7 Å². The third-order valence-electron chi connectivity index (χ3n) is 5.28. The van der Waals surface area contributed by atoms with Crippen molar-refractivity contribution in [3.63, 3.8) is 0 Å². The van der Waals surface area contributed by atoms with E-state index in [0.29, 0.717) is 18.7 Å². The van der Waals surface area contributed by atoms with Gasteiger partial charge in [-0.1, -0.05) is 0 Å². The van der Waals surface area contributed by atoms with E-state index in [-0.39, 0.29) is 42.0 Å². The lowest BCUT2D eigenvalue weighted by Crippen LogP contribution is -2.44. The van der Waals surface area contributed by atoms with Crippen molar-refractivity contribution in [2.75, 3.05) is 31.7 Å². The number of nitrogens with zero attached hydrogens (tertiary/aromatic N) is 1. The van der Waals surface area contributed by atoms with Crippen LogP contribution in [0, 0.1) is 0 Å². The van der Waals surface area contributed by atoms with Gasteiger partial charge in [0.15, 0.2) is 9.84 Å². The van der Waals surface area contributed by atoms with Crippen LogP contribution in [0.25, 0.3) is 6.08 Å². The molecule has 9 heteroatoms. The molecule has 1 fully saturated rings. The van der Waals surface area contributed by atoms with E-state index < -0.39 is 9.84 Å². The van der Waals surface area contributed by atoms with Crippen molar-refractivity contribution < 1.29 is 27.5 Å². The van der Waals surface area contributed by atoms with Crippen LogP contribution < -0.4 is 14.8 Å². The summed E-state index contributed by atoms with van der Waals surface area (Å²) in [6.07, 6.45) is 4.38. The molecule has 2 amide bonds. The second-order valence-electron chi connectivity index (χ2n) is 7.69. The van der Waals surface area contributed by atoms with Crippen LogP contribution in [0.2, 0.25) is 0 Å². The van der Waals surface area contributed by atoms with Crippen LogP contribution in [0.15, 0.2) is 18.2 Å². The largest absolute Gasteiger partial charge is 0.496 e. The Labute approximate surface area is 177 Å². The minimum atomic E-state index is -3.07. The molecule has 2 heterocycles. The number of nitrogens with one attached hydrogen (secondary N) is 1. The molecule has 1 aromatic rings. The van der Waals surface area contributed by atoms with Crippen LogP contribution in [-0.2, 0) is 25.8 Å². The number of benzene rings is 1. The number of hydrogen-bond donors (Lipinski definition) is 1. The van der Waals surface area contributed by atoms with Crippen molar-refractivity contribution in [3.05, 3.63) is 29.3 Å². The summed E-state index contributed by atoms with van der Waals surface area (Å²) >= 11 is 0.